The standard InChI is InChI=1S/C31H36FNO7/c1-3-38-29(30(34)35)21-24-11-15-27(16-12-24)39-20-18-33(31(36)40-28-8-5-4-7-23(28)2)17-6-19-37-22-25-9-13-26(32)14-10-25/h4-5,7-16,29H,3,6,17-22H2,1-2H3,(H,34,35). The molecule has 0 aliphatic carbocycles. The Balaban J connectivity index is 1.52. The van der Waals surface area contributed by atoms with E-state index in [9.17, 15) is 19.1 Å². The first kappa shape index (κ1) is 30.6. The zero-order valence-corrected chi connectivity index (χ0v) is 22.9. The lowest BCUT2D eigenvalue weighted by molar-refractivity contribution is -0.149. The van der Waals surface area contributed by atoms with Gasteiger partial charge in [-0.1, -0.05) is 42.5 Å². The van der Waals surface area contributed by atoms with Crippen LogP contribution in [-0.2, 0) is 27.3 Å². The third-order valence-corrected chi connectivity index (χ3v) is 6.07. The van der Waals surface area contributed by atoms with Gasteiger partial charge in [-0.25, -0.2) is 14.0 Å². The van der Waals surface area contributed by atoms with E-state index in [1.54, 1.807) is 54.3 Å². The van der Waals surface area contributed by atoms with Crippen molar-refractivity contribution in [3.8, 4) is 11.5 Å². The average Bonchev–Trinajstić information content (AvgIpc) is 2.94. The van der Waals surface area contributed by atoms with E-state index in [0.29, 0.717) is 44.3 Å². The highest BCUT2D eigenvalue weighted by molar-refractivity contribution is 5.72. The fourth-order valence-corrected chi connectivity index (χ4v) is 3.88. The molecule has 1 unspecified atom stereocenters. The molecule has 0 spiro atoms. The molecule has 1 N–H and O–H groups in total. The second-order valence-corrected chi connectivity index (χ2v) is 9.13. The first-order chi connectivity index (χ1) is 19.4. The predicted octanol–water partition coefficient (Wildman–Crippen LogP) is 5.65. The van der Waals surface area contributed by atoms with Gasteiger partial charge in [0.15, 0.2) is 6.10 Å². The Morgan fingerprint density at radius 2 is 1.62 bits per heavy atom. The zero-order valence-electron chi connectivity index (χ0n) is 22.9. The van der Waals surface area contributed by atoms with Crippen molar-refractivity contribution in [3.05, 3.63) is 95.3 Å². The fourth-order valence-electron chi connectivity index (χ4n) is 3.88. The first-order valence-corrected chi connectivity index (χ1v) is 13.3. The molecule has 40 heavy (non-hydrogen) atoms. The maximum atomic E-state index is 13.1. The van der Waals surface area contributed by atoms with Crippen LogP contribution in [-0.4, -0.2) is 61.1 Å². The van der Waals surface area contributed by atoms with E-state index < -0.39 is 18.2 Å². The summed E-state index contributed by atoms with van der Waals surface area (Å²) in [6.45, 7) is 5.62. The largest absolute Gasteiger partial charge is 0.492 e. The lowest BCUT2D eigenvalue weighted by Gasteiger charge is -2.22. The minimum Gasteiger partial charge on any atom is -0.492 e. The van der Waals surface area contributed by atoms with Gasteiger partial charge in [0.1, 0.15) is 23.9 Å². The van der Waals surface area contributed by atoms with Crippen LogP contribution in [0.15, 0.2) is 72.8 Å². The minimum absolute atomic E-state index is 0.231. The summed E-state index contributed by atoms with van der Waals surface area (Å²) >= 11 is 0. The molecule has 0 aliphatic heterocycles. The number of amides is 1. The molecular weight excluding hydrogens is 517 g/mol. The number of aliphatic carboxylic acids is 1. The van der Waals surface area contributed by atoms with Gasteiger partial charge in [-0.3, -0.25) is 0 Å². The van der Waals surface area contributed by atoms with Crippen molar-refractivity contribution in [1.29, 1.82) is 0 Å². The lowest BCUT2D eigenvalue weighted by atomic mass is 10.1. The minimum atomic E-state index is -0.999. The molecule has 3 aromatic rings. The van der Waals surface area contributed by atoms with Gasteiger partial charge in [0.2, 0.25) is 0 Å². The number of carboxylic acid groups (broad SMARTS) is 1. The Hall–Kier alpha value is -3.95. The van der Waals surface area contributed by atoms with Gasteiger partial charge in [-0.05, 0) is 67.3 Å². The molecular formula is C31H36FNO7. The predicted molar refractivity (Wildman–Crippen MR) is 148 cm³/mol. The number of hydrogen-bond donors (Lipinski definition) is 1. The third-order valence-electron chi connectivity index (χ3n) is 6.07. The molecule has 3 rings (SSSR count). The molecule has 1 amide bonds. The summed E-state index contributed by atoms with van der Waals surface area (Å²) in [6, 6.07) is 20.6. The number of rotatable bonds is 16. The van der Waals surface area contributed by atoms with Gasteiger partial charge in [-0.2, -0.15) is 0 Å². The fraction of sp³-hybridized carbons (Fsp3) is 0.355. The van der Waals surface area contributed by atoms with E-state index in [2.05, 4.69) is 0 Å². The van der Waals surface area contributed by atoms with Crippen LogP contribution in [0.5, 0.6) is 11.5 Å². The van der Waals surface area contributed by atoms with Crippen LogP contribution in [0.2, 0.25) is 0 Å². The molecule has 1 atom stereocenters. The number of nitrogens with zero attached hydrogens (tertiary/aromatic N) is 1. The van der Waals surface area contributed by atoms with Gasteiger partial charge in [0.25, 0.3) is 0 Å². The molecule has 0 fully saturated rings. The highest BCUT2D eigenvalue weighted by Gasteiger charge is 2.19. The van der Waals surface area contributed by atoms with Gasteiger partial charge < -0.3 is 29.0 Å². The maximum Gasteiger partial charge on any atom is 0.415 e. The van der Waals surface area contributed by atoms with Crippen molar-refractivity contribution in [2.24, 2.45) is 0 Å². The molecule has 0 heterocycles. The van der Waals surface area contributed by atoms with E-state index in [1.807, 2.05) is 25.1 Å². The summed E-state index contributed by atoms with van der Waals surface area (Å²) in [4.78, 5) is 25.9. The Morgan fingerprint density at radius 3 is 2.30 bits per heavy atom. The number of para-hydroxylation sites is 1. The van der Waals surface area contributed by atoms with Crippen LogP contribution < -0.4 is 9.47 Å². The normalized spacial score (nSPS) is 11.6. The third kappa shape index (κ3) is 10.3. The van der Waals surface area contributed by atoms with Gasteiger partial charge in [-0.15, -0.1) is 0 Å². The van der Waals surface area contributed by atoms with Crippen LogP contribution in [0.1, 0.15) is 30.0 Å². The number of halogens is 1. The van der Waals surface area contributed by atoms with Crippen molar-refractivity contribution in [2.75, 3.05) is 32.9 Å². The Morgan fingerprint density at radius 1 is 0.925 bits per heavy atom. The number of aryl methyl sites for hydroxylation is 1. The summed E-state index contributed by atoms with van der Waals surface area (Å²) < 4.78 is 35.5. The van der Waals surface area contributed by atoms with Crippen molar-refractivity contribution < 1.29 is 38.0 Å². The van der Waals surface area contributed by atoms with Crippen LogP contribution in [0.25, 0.3) is 0 Å². The summed E-state index contributed by atoms with van der Waals surface area (Å²) in [5.74, 6) is -0.200. The Bertz CT molecular complexity index is 1200. The van der Waals surface area contributed by atoms with Crippen LogP contribution in [0, 0.1) is 12.7 Å². The van der Waals surface area contributed by atoms with Crippen LogP contribution in [0.4, 0.5) is 9.18 Å². The zero-order chi connectivity index (χ0) is 28.7. The van der Waals surface area contributed by atoms with E-state index in [4.69, 9.17) is 18.9 Å². The lowest BCUT2D eigenvalue weighted by Crippen LogP contribution is -2.38. The summed E-state index contributed by atoms with van der Waals surface area (Å²) in [5.41, 5.74) is 2.54. The Labute approximate surface area is 234 Å². The number of carbonyl (C=O) groups is 2. The molecule has 8 nitrogen and oxygen atoms in total. The van der Waals surface area contributed by atoms with E-state index in [1.165, 1.54) is 12.1 Å². The summed E-state index contributed by atoms with van der Waals surface area (Å²) in [7, 11) is 0. The smallest absolute Gasteiger partial charge is 0.415 e. The maximum absolute atomic E-state index is 13.1. The number of benzene rings is 3. The monoisotopic (exact) mass is 553 g/mol. The summed E-state index contributed by atoms with van der Waals surface area (Å²) in [6.07, 6.45) is -0.555. The number of carbonyl (C=O) groups excluding carboxylic acids is 1. The highest BCUT2D eigenvalue weighted by Crippen LogP contribution is 2.18. The molecule has 9 heteroatoms. The first-order valence-electron chi connectivity index (χ1n) is 13.3. The van der Waals surface area contributed by atoms with E-state index >= 15 is 0 Å². The Kier molecular flexibility index (Phi) is 12.4. The number of ether oxygens (including phenoxy) is 4. The number of hydrogen-bond acceptors (Lipinski definition) is 6. The van der Waals surface area contributed by atoms with Gasteiger partial charge in [0, 0.05) is 26.2 Å². The molecule has 0 radical (unpaired) electrons. The van der Waals surface area contributed by atoms with Crippen molar-refractivity contribution in [3.63, 3.8) is 0 Å². The van der Waals surface area contributed by atoms with E-state index in [-0.39, 0.29) is 25.4 Å². The quantitative estimate of drug-likeness (QED) is 0.229. The molecule has 0 aromatic heterocycles. The molecule has 214 valence electrons. The number of carboxylic acids is 1. The topological polar surface area (TPSA) is 94.5 Å². The van der Waals surface area contributed by atoms with Crippen LogP contribution >= 0.6 is 0 Å². The second-order valence-electron chi connectivity index (χ2n) is 9.13. The van der Waals surface area contributed by atoms with Crippen LogP contribution in [0.3, 0.4) is 0 Å². The SMILES string of the molecule is CCOC(Cc1ccc(OCCN(CCCOCc2ccc(F)cc2)C(=O)Oc2ccccc2C)cc1)C(=O)O. The van der Waals surface area contributed by atoms with Crippen molar-refractivity contribution in [1.82, 2.24) is 4.90 Å². The molecule has 0 bridgehead atoms. The van der Waals surface area contributed by atoms with Crippen molar-refractivity contribution in [2.45, 2.75) is 39.4 Å². The molecule has 0 saturated heterocycles. The summed E-state index contributed by atoms with van der Waals surface area (Å²) in [5, 5.41) is 9.28. The highest BCUT2D eigenvalue weighted by atomic mass is 19.1. The van der Waals surface area contributed by atoms with E-state index in [0.717, 1.165) is 16.7 Å². The van der Waals surface area contributed by atoms with Gasteiger partial charge in [0.05, 0.1) is 13.2 Å². The van der Waals surface area contributed by atoms with Gasteiger partial charge >= 0.3 is 12.1 Å². The molecule has 0 saturated carbocycles. The second kappa shape index (κ2) is 16.2. The van der Waals surface area contributed by atoms with Crippen molar-refractivity contribution >= 4 is 12.1 Å². The average molecular weight is 554 g/mol. The molecule has 0 aliphatic rings. The molecule has 3 aromatic carbocycles.